The van der Waals surface area contributed by atoms with Crippen LogP contribution in [-0.4, -0.2) is 35.4 Å². The van der Waals surface area contributed by atoms with Crippen LogP contribution in [0.3, 0.4) is 0 Å². The Morgan fingerprint density at radius 2 is 2.09 bits per heavy atom. The maximum Gasteiger partial charge on any atom is 0.191 e. The number of aryl methyl sites for hydroxylation is 1. The fourth-order valence-corrected chi connectivity index (χ4v) is 2.26. The smallest absolute Gasteiger partial charge is 0.191 e. The quantitative estimate of drug-likeness (QED) is 0.606. The van der Waals surface area contributed by atoms with Gasteiger partial charge in [-0.25, -0.2) is 4.39 Å². The van der Waals surface area contributed by atoms with Crippen molar-refractivity contribution in [2.24, 2.45) is 12.0 Å². The maximum atomic E-state index is 13.6. The van der Waals surface area contributed by atoms with Crippen LogP contribution in [0.2, 0.25) is 0 Å². The third-order valence-corrected chi connectivity index (χ3v) is 3.42. The second kappa shape index (κ2) is 8.92. The second-order valence-corrected chi connectivity index (χ2v) is 5.30. The van der Waals surface area contributed by atoms with Gasteiger partial charge in [-0.05, 0) is 37.0 Å². The summed E-state index contributed by atoms with van der Waals surface area (Å²) in [6, 6.07) is 6.83. The van der Waals surface area contributed by atoms with Gasteiger partial charge in [-0.15, -0.1) is 0 Å². The van der Waals surface area contributed by atoms with Crippen LogP contribution in [0, 0.1) is 5.82 Å². The van der Waals surface area contributed by atoms with Gasteiger partial charge in [0.25, 0.3) is 0 Å². The number of halogens is 1. The minimum absolute atomic E-state index is 0.169. The van der Waals surface area contributed by atoms with Gasteiger partial charge in [0.2, 0.25) is 0 Å². The first kappa shape index (κ1) is 17.0. The molecule has 2 aromatic rings. The molecule has 2 N–H and O–H groups in total. The highest BCUT2D eigenvalue weighted by Crippen LogP contribution is 2.06. The molecule has 0 aliphatic rings. The highest BCUT2D eigenvalue weighted by atomic mass is 19.1. The van der Waals surface area contributed by atoms with Gasteiger partial charge in [0.05, 0.1) is 6.20 Å². The molecule has 0 amide bonds. The van der Waals surface area contributed by atoms with Crippen LogP contribution in [0.15, 0.2) is 41.7 Å². The summed E-state index contributed by atoms with van der Waals surface area (Å²) in [7, 11) is 1.91. The summed E-state index contributed by atoms with van der Waals surface area (Å²) in [5.74, 6) is 0.588. The molecule has 1 heterocycles. The van der Waals surface area contributed by atoms with Gasteiger partial charge in [0, 0.05) is 32.9 Å². The number of nitrogens with zero attached hydrogens (tertiary/aromatic N) is 3. The van der Waals surface area contributed by atoms with Crippen molar-refractivity contribution in [2.75, 3.05) is 19.6 Å². The number of benzene rings is 1. The molecule has 0 saturated heterocycles. The monoisotopic (exact) mass is 317 g/mol. The first-order valence-electron chi connectivity index (χ1n) is 7.92. The molecule has 23 heavy (non-hydrogen) atoms. The summed E-state index contributed by atoms with van der Waals surface area (Å²) < 4.78 is 15.4. The van der Waals surface area contributed by atoms with Crippen LogP contribution in [0.25, 0.3) is 0 Å². The zero-order valence-electron chi connectivity index (χ0n) is 13.7. The Labute approximate surface area is 136 Å². The first-order valence-corrected chi connectivity index (χ1v) is 7.92. The third kappa shape index (κ3) is 5.73. The van der Waals surface area contributed by atoms with Crippen LogP contribution >= 0.6 is 0 Å². The molecule has 0 aliphatic carbocycles. The second-order valence-electron chi connectivity index (χ2n) is 5.30. The Kier molecular flexibility index (Phi) is 6.59. The van der Waals surface area contributed by atoms with E-state index in [2.05, 4.69) is 20.7 Å². The van der Waals surface area contributed by atoms with Crippen LogP contribution in [0.1, 0.15) is 18.1 Å². The molecule has 0 spiro atoms. The summed E-state index contributed by atoms with van der Waals surface area (Å²) >= 11 is 0. The van der Waals surface area contributed by atoms with Crippen molar-refractivity contribution in [2.45, 2.75) is 19.8 Å². The van der Waals surface area contributed by atoms with Crippen LogP contribution < -0.4 is 10.6 Å². The molecule has 0 saturated carbocycles. The molecule has 0 fully saturated rings. The summed E-state index contributed by atoms with van der Waals surface area (Å²) in [5.41, 5.74) is 1.88. The molecule has 0 radical (unpaired) electrons. The topological polar surface area (TPSA) is 54.2 Å². The van der Waals surface area contributed by atoms with Crippen molar-refractivity contribution >= 4 is 5.96 Å². The fraction of sp³-hybridized carbons (Fsp3) is 0.412. The average Bonchev–Trinajstić information content (AvgIpc) is 2.94. The Morgan fingerprint density at radius 3 is 2.78 bits per heavy atom. The van der Waals surface area contributed by atoms with Gasteiger partial charge in [0.1, 0.15) is 5.82 Å². The lowest BCUT2D eigenvalue weighted by Gasteiger charge is -2.11. The van der Waals surface area contributed by atoms with Gasteiger partial charge in [-0.2, -0.15) is 5.10 Å². The predicted octanol–water partition coefficient (Wildman–Crippen LogP) is 1.90. The molecule has 1 aromatic heterocycles. The Morgan fingerprint density at radius 1 is 1.26 bits per heavy atom. The zero-order valence-corrected chi connectivity index (χ0v) is 13.7. The number of aromatic nitrogens is 2. The van der Waals surface area contributed by atoms with Crippen molar-refractivity contribution in [1.82, 2.24) is 20.4 Å². The van der Waals surface area contributed by atoms with Crippen molar-refractivity contribution in [1.29, 1.82) is 0 Å². The molecule has 0 unspecified atom stereocenters. The van der Waals surface area contributed by atoms with E-state index in [4.69, 9.17) is 0 Å². The molecule has 1 aromatic carbocycles. The lowest BCUT2D eigenvalue weighted by Crippen LogP contribution is -2.38. The third-order valence-electron chi connectivity index (χ3n) is 3.42. The molecular weight excluding hydrogens is 293 g/mol. The normalized spacial score (nSPS) is 11.5. The number of hydrogen-bond acceptors (Lipinski definition) is 2. The predicted molar refractivity (Wildman–Crippen MR) is 91.0 cm³/mol. The molecular formula is C17H24FN5. The van der Waals surface area contributed by atoms with Gasteiger partial charge >= 0.3 is 0 Å². The SMILES string of the molecule is CCNC(=NCCc1ccccc1F)NCCc1cnn(C)c1. The van der Waals surface area contributed by atoms with Crippen molar-refractivity contribution < 1.29 is 4.39 Å². The van der Waals surface area contributed by atoms with E-state index in [1.807, 2.05) is 32.4 Å². The summed E-state index contributed by atoms with van der Waals surface area (Å²) in [6.45, 7) is 4.13. The Bertz CT molecular complexity index is 635. The molecule has 0 atom stereocenters. The van der Waals surface area contributed by atoms with E-state index in [-0.39, 0.29) is 5.82 Å². The lowest BCUT2D eigenvalue weighted by atomic mass is 10.1. The van der Waals surface area contributed by atoms with E-state index in [9.17, 15) is 4.39 Å². The van der Waals surface area contributed by atoms with Gasteiger partial charge in [0.15, 0.2) is 5.96 Å². The summed E-state index contributed by atoms with van der Waals surface area (Å²) in [6.07, 6.45) is 5.34. The number of rotatable bonds is 7. The Balaban J connectivity index is 1.81. The number of guanidine groups is 1. The lowest BCUT2D eigenvalue weighted by molar-refractivity contribution is 0.609. The average molecular weight is 317 g/mol. The molecule has 6 heteroatoms. The minimum atomic E-state index is -0.169. The highest BCUT2D eigenvalue weighted by molar-refractivity contribution is 5.79. The van der Waals surface area contributed by atoms with E-state index < -0.39 is 0 Å². The van der Waals surface area contributed by atoms with Crippen molar-refractivity contribution in [3.63, 3.8) is 0 Å². The number of hydrogen-bond donors (Lipinski definition) is 2. The fourth-order valence-electron chi connectivity index (χ4n) is 2.26. The molecule has 124 valence electrons. The van der Waals surface area contributed by atoms with Crippen LogP contribution in [0.5, 0.6) is 0 Å². The van der Waals surface area contributed by atoms with E-state index in [0.29, 0.717) is 18.5 Å². The maximum absolute atomic E-state index is 13.6. The molecule has 5 nitrogen and oxygen atoms in total. The summed E-state index contributed by atoms with van der Waals surface area (Å²) in [5, 5.41) is 10.6. The van der Waals surface area contributed by atoms with E-state index >= 15 is 0 Å². The molecule has 2 rings (SSSR count). The van der Waals surface area contributed by atoms with Gasteiger partial charge < -0.3 is 10.6 Å². The van der Waals surface area contributed by atoms with E-state index in [1.165, 1.54) is 11.6 Å². The first-order chi connectivity index (χ1) is 11.2. The Hall–Kier alpha value is -2.37. The van der Waals surface area contributed by atoms with Crippen molar-refractivity contribution in [3.8, 4) is 0 Å². The van der Waals surface area contributed by atoms with Crippen LogP contribution in [0.4, 0.5) is 4.39 Å². The highest BCUT2D eigenvalue weighted by Gasteiger charge is 2.02. The number of aliphatic imine (C=N–C) groups is 1. The largest absolute Gasteiger partial charge is 0.357 e. The van der Waals surface area contributed by atoms with Crippen molar-refractivity contribution in [3.05, 3.63) is 53.6 Å². The van der Waals surface area contributed by atoms with E-state index in [1.54, 1.807) is 16.8 Å². The standard InChI is InChI=1S/C17H24FN5/c1-3-19-17(20-10-8-14-12-22-23(2)13-14)21-11-9-15-6-4-5-7-16(15)18/h4-7,12-13H,3,8-11H2,1-2H3,(H2,19,20,21). The zero-order chi connectivity index (χ0) is 16.5. The van der Waals surface area contributed by atoms with Crippen LogP contribution in [-0.2, 0) is 19.9 Å². The minimum Gasteiger partial charge on any atom is -0.357 e. The number of nitrogens with one attached hydrogen (secondary N) is 2. The summed E-state index contributed by atoms with van der Waals surface area (Å²) in [4.78, 5) is 4.49. The van der Waals surface area contributed by atoms with Gasteiger partial charge in [-0.3, -0.25) is 9.67 Å². The molecule has 0 bridgehead atoms. The van der Waals surface area contributed by atoms with E-state index in [0.717, 1.165) is 25.5 Å². The molecule has 0 aliphatic heterocycles. The van der Waals surface area contributed by atoms with Gasteiger partial charge in [-0.1, -0.05) is 18.2 Å².